The Labute approximate surface area is 230 Å². The van der Waals surface area contributed by atoms with Crippen LogP contribution in [0.4, 0.5) is 17.1 Å². The number of nitro groups is 1. The van der Waals surface area contributed by atoms with Crippen LogP contribution in [0, 0.1) is 17.0 Å². The molecule has 0 spiro atoms. The van der Waals surface area contributed by atoms with Gasteiger partial charge in [-0.05, 0) is 49.1 Å². The summed E-state index contributed by atoms with van der Waals surface area (Å²) in [7, 11) is 0. The van der Waals surface area contributed by atoms with Crippen molar-refractivity contribution in [3.63, 3.8) is 0 Å². The highest BCUT2D eigenvalue weighted by molar-refractivity contribution is 6.37. The fourth-order valence-electron chi connectivity index (χ4n) is 4.63. The van der Waals surface area contributed by atoms with Gasteiger partial charge >= 0.3 is 0 Å². The van der Waals surface area contributed by atoms with Gasteiger partial charge in [-0.3, -0.25) is 19.7 Å². The number of nitro benzene ring substituents is 1. The normalized spacial score (nSPS) is 13.4. The number of rotatable bonds is 9. The van der Waals surface area contributed by atoms with Crippen LogP contribution in [0.3, 0.4) is 0 Å². The van der Waals surface area contributed by atoms with Gasteiger partial charge in [-0.25, -0.2) is 4.98 Å². The number of non-ortho nitro benzene ring substituents is 1. The van der Waals surface area contributed by atoms with Crippen molar-refractivity contribution in [1.82, 2.24) is 15.3 Å². The fraction of sp³-hybridized carbons (Fsp3) is 0.167. The van der Waals surface area contributed by atoms with Gasteiger partial charge in [0.05, 0.1) is 21.9 Å². The molecule has 0 unspecified atom stereocenters. The predicted molar refractivity (Wildman–Crippen MR) is 154 cm³/mol. The number of H-pyrrole nitrogens is 1. The highest BCUT2D eigenvalue weighted by Gasteiger charge is 2.30. The van der Waals surface area contributed by atoms with Gasteiger partial charge in [0.2, 0.25) is 5.91 Å². The van der Waals surface area contributed by atoms with E-state index in [2.05, 4.69) is 25.9 Å². The fourth-order valence-corrected chi connectivity index (χ4v) is 4.63. The van der Waals surface area contributed by atoms with E-state index in [1.807, 2.05) is 61.7 Å². The zero-order chi connectivity index (χ0) is 28.2. The van der Waals surface area contributed by atoms with Crippen LogP contribution in [0.5, 0.6) is 0 Å². The zero-order valence-corrected chi connectivity index (χ0v) is 22.1. The van der Waals surface area contributed by atoms with Crippen molar-refractivity contribution in [2.75, 3.05) is 17.2 Å². The molecule has 2 heterocycles. The monoisotopic (exact) mass is 536 g/mol. The standard InChI is InChI=1S/C30H28N6O4/c1-18-32-17-27(33-18)21-9-11-23(12-10-21)34-29(22-7-5-20(6-8-22)4-3-15-31-19(2)37)28-25-16-24(36(39)40)13-14-26(25)35-30(28)38/h5-14,16-17,34H,3-4,15H2,1-2H3,(H,31,37)(H,32,33)(H,35,38)/b29-28-. The third kappa shape index (κ3) is 5.75. The first kappa shape index (κ1) is 26.4. The van der Waals surface area contributed by atoms with E-state index < -0.39 is 4.92 Å². The highest BCUT2D eigenvalue weighted by atomic mass is 16.6. The van der Waals surface area contributed by atoms with E-state index in [1.54, 1.807) is 6.07 Å². The molecule has 0 atom stereocenters. The van der Waals surface area contributed by atoms with Crippen LogP contribution in [0.1, 0.15) is 35.9 Å². The minimum Gasteiger partial charge on any atom is -0.356 e. The van der Waals surface area contributed by atoms with Crippen LogP contribution in [0.15, 0.2) is 72.9 Å². The maximum absolute atomic E-state index is 13.2. The Balaban J connectivity index is 1.51. The molecule has 1 aliphatic heterocycles. The number of anilines is 2. The van der Waals surface area contributed by atoms with E-state index in [0.29, 0.717) is 29.1 Å². The van der Waals surface area contributed by atoms with Gasteiger partial charge in [-0.2, -0.15) is 0 Å². The van der Waals surface area contributed by atoms with E-state index in [-0.39, 0.29) is 17.5 Å². The number of imidazole rings is 1. The number of carbonyl (C=O) groups excluding carboxylic acids is 2. The molecular weight excluding hydrogens is 508 g/mol. The molecule has 4 N–H and O–H groups in total. The molecule has 1 aliphatic rings. The lowest BCUT2D eigenvalue weighted by molar-refractivity contribution is -0.384. The summed E-state index contributed by atoms with van der Waals surface area (Å²) < 4.78 is 0. The lowest BCUT2D eigenvalue weighted by Gasteiger charge is -2.16. The maximum Gasteiger partial charge on any atom is 0.270 e. The molecular formula is C30H28N6O4. The van der Waals surface area contributed by atoms with E-state index >= 15 is 0 Å². The molecule has 10 heteroatoms. The minimum absolute atomic E-state index is 0.0550. The molecule has 2 amide bonds. The largest absolute Gasteiger partial charge is 0.356 e. The van der Waals surface area contributed by atoms with Crippen LogP contribution in [0.25, 0.3) is 22.5 Å². The first-order valence-electron chi connectivity index (χ1n) is 12.9. The van der Waals surface area contributed by atoms with E-state index in [1.165, 1.54) is 19.1 Å². The van der Waals surface area contributed by atoms with Gasteiger partial charge in [0.1, 0.15) is 5.82 Å². The molecule has 0 aliphatic carbocycles. The Morgan fingerprint density at radius 3 is 2.45 bits per heavy atom. The molecule has 0 saturated carbocycles. The summed E-state index contributed by atoms with van der Waals surface area (Å²) >= 11 is 0. The molecule has 4 aromatic rings. The van der Waals surface area contributed by atoms with Crippen LogP contribution < -0.4 is 16.0 Å². The van der Waals surface area contributed by atoms with E-state index in [9.17, 15) is 19.7 Å². The number of aromatic amines is 1. The summed E-state index contributed by atoms with van der Waals surface area (Å²) in [6, 6.07) is 19.8. The SMILES string of the molecule is CC(=O)NCCCc1ccc(/C(Nc2ccc(-c3c[nH]c(C)n3)cc2)=C2/C(=O)Nc3ccc([N+](=O)[O-])cc32)cc1. The van der Waals surface area contributed by atoms with Gasteiger partial charge in [0.25, 0.3) is 11.6 Å². The number of aromatic nitrogens is 2. The van der Waals surface area contributed by atoms with Gasteiger partial charge in [0.15, 0.2) is 0 Å². The summed E-state index contributed by atoms with van der Waals surface area (Å²) in [6.07, 6.45) is 3.42. The number of hydrogen-bond donors (Lipinski definition) is 4. The van der Waals surface area contributed by atoms with Crippen molar-refractivity contribution < 1.29 is 14.5 Å². The second-order valence-electron chi connectivity index (χ2n) is 9.55. The highest BCUT2D eigenvalue weighted by Crippen LogP contribution is 2.39. The lowest BCUT2D eigenvalue weighted by Crippen LogP contribution is -2.21. The van der Waals surface area contributed by atoms with Crippen LogP contribution in [-0.4, -0.2) is 33.3 Å². The average molecular weight is 537 g/mol. The number of nitrogens with one attached hydrogen (secondary N) is 4. The van der Waals surface area contributed by atoms with Gasteiger partial charge in [0, 0.05) is 54.3 Å². The van der Waals surface area contributed by atoms with Gasteiger partial charge in [-0.15, -0.1) is 0 Å². The molecule has 0 fully saturated rings. The summed E-state index contributed by atoms with van der Waals surface area (Å²) in [5.74, 6) is 0.421. The molecule has 1 aromatic heterocycles. The van der Waals surface area contributed by atoms with Crippen molar-refractivity contribution in [2.45, 2.75) is 26.7 Å². The number of amides is 2. The third-order valence-electron chi connectivity index (χ3n) is 6.62. The second-order valence-corrected chi connectivity index (χ2v) is 9.55. The Bertz CT molecular complexity index is 1620. The zero-order valence-electron chi connectivity index (χ0n) is 22.1. The molecule has 10 nitrogen and oxygen atoms in total. The summed E-state index contributed by atoms with van der Waals surface area (Å²) in [5, 5.41) is 20.5. The first-order chi connectivity index (χ1) is 19.3. The van der Waals surface area contributed by atoms with Gasteiger partial charge < -0.3 is 20.9 Å². The smallest absolute Gasteiger partial charge is 0.270 e. The maximum atomic E-state index is 13.2. The molecule has 0 saturated heterocycles. The second kappa shape index (κ2) is 11.2. The van der Waals surface area contributed by atoms with E-state index in [0.717, 1.165) is 46.7 Å². The van der Waals surface area contributed by atoms with Crippen LogP contribution in [0.2, 0.25) is 0 Å². The number of fused-ring (bicyclic) bond motifs is 1. The van der Waals surface area contributed by atoms with Crippen molar-refractivity contribution in [2.24, 2.45) is 0 Å². The number of carbonyl (C=O) groups is 2. The Kier molecular flexibility index (Phi) is 7.41. The summed E-state index contributed by atoms with van der Waals surface area (Å²) in [6.45, 7) is 3.98. The Morgan fingerprint density at radius 2 is 1.80 bits per heavy atom. The van der Waals surface area contributed by atoms with Crippen molar-refractivity contribution in [1.29, 1.82) is 0 Å². The molecule has 40 heavy (non-hydrogen) atoms. The summed E-state index contributed by atoms with van der Waals surface area (Å²) in [5.41, 5.74) is 6.08. The van der Waals surface area contributed by atoms with Crippen LogP contribution in [-0.2, 0) is 16.0 Å². The molecule has 0 radical (unpaired) electrons. The lowest BCUT2D eigenvalue weighted by atomic mass is 9.98. The number of hydrogen-bond acceptors (Lipinski definition) is 6. The average Bonchev–Trinajstić information content (AvgIpc) is 3.52. The van der Waals surface area contributed by atoms with E-state index in [4.69, 9.17) is 0 Å². The molecule has 202 valence electrons. The number of nitrogens with zero attached hydrogens (tertiary/aromatic N) is 2. The Hall–Kier alpha value is -5.25. The van der Waals surface area contributed by atoms with Gasteiger partial charge in [-0.1, -0.05) is 36.4 Å². The topological polar surface area (TPSA) is 142 Å². The molecule has 3 aromatic carbocycles. The van der Waals surface area contributed by atoms with Crippen LogP contribution >= 0.6 is 0 Å². The third-order valence-corrected chi connectivity index (χ3v) is 6.62. The first-order valence-corrected chi connectivity index (χ1v) is 12.9. The minimum atomic E-state index is -0.473. The van der Waals surface area contributed by atoms with Crippen molar-refractivity contribution in [3.05, 3.63) is 106 Å². The number of benzene rings is 3. The quantitative estimate of drug-likeness (QED) is 0.0990. The molecule has 5 rings (SSSR count). The molecule has 0 bridgehead atoms. The Morgan fingerprint density at radius 1 is 1.05 bits per heavy atom. The van der Waals surface area contributed by atoms with Crippen molar-refractivity contribution in [3.8, 4) is 11.3 Å². The van der Waals surface area contributed by atoms with Crippen molar-refractivity contribution >= 4 is 40.1 Å². The summed E-state index contributed by atoms with van der Waals surface area (Å²) in [4.78, 5) is 42.9. The number of aryl methyl sites for hydroxylation is 2. The predicted octanol–water partition coefficient (Wildman–Crippen LogP) is 5.29.